The van der Waals surface area contributed by atoms with E-state index in [9.17, 15) is 4.79 Å². The van der Waals surface area contributed by atoms with Gasteiger partial charge in [-0.15, -0.1) is 0 Å². The summed E-state index contributed by atoms with van der Waals surface area (Å²) in [5, 5.41) is 0. The molecule has 1 aliphatic carbocycles. The zero-order valence-electron chi connectivity index (χ0n) is 11.4. The highest BCUT2D eigenvalue weighted by Crippen LogP contribution is 2.22. The maximum atomic E-state index is 11.9. The molecule has 2 aromatic rings. The number of aryl methyl sites for hydroxylation is 1. The van der Waals surface area contributed by atoms with Crippen molar-refractivity contribution < 1.29 is 14.1 Å². The van der Waals surface area contributed by atoms with Gasteiger partial charge in [-0.3, -0.25) is 0 Å². The second-order valence-electron chi connectivity index (χ2n) is 5.07. The predicted octanol–water partition coefficient (Wildman–Crippen LogP) is 2.66. The second kappa shape index (κ2) is 6.18. The molecule has 0 fully saturated rings. The van der Waals surface area contributed by atoms with Crippen LogP contribution in [0.15, 0.2) is 35.8 Å². The molecular formula is C16H18NO2S+. The zero-order valence-corrected chi connectivity index (χ0v) is 12.2. The minimum atomic E-state index is -0.162. The highest BCUT2D eigenvalue weighted by atomic mass is 32.1. The Bertz CT molecular complexity index is 592. The average molecular weight is 288 g/mol. The molecule has 4 heteroatoms. The molecule has 0 unspecified atom stereocenters. The van der Waals surface area contributed by atoms with Crippen LogP contribution in [-0.4, -0.2) is 5.97 Å². The van der Waals surface area contributed by atoms with Crippen LogP contribution in [0.4, 0.5) is 0 Å². The number of rotatable bonds is 4. The Morgan fingerprint density at radius 3 is 2.85 bits per heavy atom. The van der Waals surface area contributed by atoms with Gasteiger partial charge in [-0.2, -0.15) is 4.57 Å². The van der Waals surface area contributed by atoms with Crippen molar-refractivity contribution >= 4 is 17.3 Å². The Kier molecular flexibility index (Phi) is 4.11. The third-order valence-corrected chi connectivity index (χ3v) is 4.68. The van der Waals surface area contributed by atoms with Crippen LogP contribution in [0.3, 0.4) is 0 Å². The number of thiazole rings is 1. The van der Waals surface area contributed by atoms with Crippen LogP contribution in [0, 0.1) is 0 Å². The molecule has 0 atom stereocenters. The van der Waals surface area contributed by atoms with Gasteiger partial charge in [-0.25, -0.2) is 4.79 Å². The number of nitrogens with zero attached hydrogens (tertiary/aromatic N) is 1. The molecular weight excluding hydrogens is 270 g/mol. The molecule has 1 aromatic heterocycles. The number of esters is 1. The zero-order chi connectivity index (χ0) is 13.8. The van der Waals surface area contributed by atoms with Gasteiger partial charge in [0.15, 0.2) is 5.69 Å². The van der Waals surface area contributed by atoms with Gasteiger partial charge in [-0.05, 0) is 24.8 Å². The van der Waals surface area contributed by atoms with E-state index in [0.717, 1.165) is 18.4 Å². The normalized spacial score (nSPS) is 13.8. The number of fused-ring (bicyclic) bond motifs is 1. The van der Waals surface area contributed by atoms with Crippen molar-refractivity contribution in [3.05, 3.63) is 52.0 Å². The Morgan fingerprint density at radius 2 is 2.00 bits per heavy atom. The smallest absolute Gasteiger partial charge is 0.373 e. The number of hydrogen-bond acceptors (Lipinski definition) is 3. The standard InChI is InChI=1S/C16H18NO2S/c18-16(19-11-13-6-2-1-3-7-13)10-17-12-20-15-9-5-4-8-14(15)17/h1-3,6-7,12H,4-5,8-11H2/q+1. The second-order valence-corrected chi connectivity index (χ2v) is 6.01. The van der Waals surface area contributed by atoms with Crippen molar-refractivity contribution in [3.8, 4) is 0 Å². The molecule has 1 aromatic carbocycles. The molecule has 0 saturated carbocycles. The highest BCUT2D eigenvalue weighted by Gasteiger charge is 2.24. The van der Waals surface area contributed by atoms with Crippen molar-refractivity contribution in [1.29, 1.82) is 0 Å². The lowest BCUT2D eigenvalue weighted by Crippen LogP contribution is -2.41. The number of ether oxygens (including phenoxy) is 1. The van der Waals surface area contributed by atoms with E-state index in [0.29, 0.717) is 13.2 Å². The van der Waals surface area contributed by atoms with Gasteiger partial charge in [0.1, 0.15) is 6.61 Å². The summed E-state index contributed by atoms with van der Waals surface area (Å²) in [7, 11) is 0. The van der Waals surface area contributed by atoms with E-state index in [1.807, 2.05) is 30.3 Å². The van der Waals surface area contributed by atoms with Crippen LogP contribution in [0.1, 0.15) is 29.0 Å². The topological polar surface area (TPSA) is 30.2 Å². The maximum absolute atomic E-state index is 11.9. The summed E-state index contributed by atoms with van der Waals surface area (Å²) in [6.45, 7) is 0.686. The van der Waals surface area contributed by atoms with E-state index >= 15 is 0 Å². The number of carbonyl (C=O) groups is 1. The Labute approximate surface area is 122 Å². The summed E-state index contributed by atoms with van der Waals surface area (Å²) in [6.07, 6.45) is 4.74. The molecule has 0 N–H and O–H groups in total. The lowest BCUT2D eigenvalue weighted by Gasteiger charge is -2.07. The minimum Gasteiger partial charge on any atom is -0.456 e. The van der Waals surface area contributed by atoms with Crippen molar-refractivity contribution in [2.24, 2.45) is 0 Å². The first-order valence-electron chi connectivity index (χ1n) is 7.01. The van der Waals surface area contributed by atoms with E-state index in [2.05, 4.69) is 10.1 Å². The van der Waals surface area contributed by atoms with Crippen molar-refractivity contribution in [3.63, 3.8) is 0 Å². The van der Waals surface area contributed by atoms with E-state index in [4.69, 9.17) is 4.74 Å². The quantitative estimate of drug-likeness (QED) is 0.639. The highest BCUT2D eigenvalue weighted by molar-refractivity contribution is 7.09. The number of carbonyl (C=O) groups excluding carboxylic acids is 1. The molecule has 104 valence electrons. The largest absolute Gasteiger partial charge is 0.456 e. The fraction of sp³-hybridized carbons (Fsp3) is 0.375. The average Bonchev–Trinajstić information content (AvgIpc) is 2.90. The molecule has 3 rings (SSSR count). The fourth-order valence-corrected chi connectivity index (χ4v) is 3.61. The summed E-state index contributed by atoms with van der Waals surface area (Å²) < 4.78 is 7.40. The molecule has 3 nitrogen and oxygen atoms in total. The minimum absolute atomic E-state index is 0.162. The molecule has 1 aliphatic rings. The molecule has 0 spiro atoms. The van der Waals surface area contributed by atoms with Gasteiger partial charge in [0, 0.05) is 6.42 Å². The molecule has 0 aliphatic heterocycles. The Morgan fingerprint density at radius 1 is 1.20 bits per heavy atom. The molecule has 0 amide bonds. The van der Waals surface area contributed by atoms with Gasteiger partial charge in [-0.1, -0.05) is 41.7 Å². The van der Waals surface area contributed by atoms with Gasteiger partial charge in [0.05, 0.1) is 4.88 Å². The third kappa shape index (κ3) is 3.07. The monoisotopic (exact) mass is 288 g/mol. The summed E-state index contributed by atoms with van der Waals surface area (Å²) >= 11 is 1.76. The fourth-order valence-electron chi connectivity index (χ4n) is 2.54. The molecule has 20 heavy (non-hydrogen) atoms. The summed E-state index contributed by atoms with van der Waals surface area (Å²) in [5.74, 6) is -0.162. The van der Waals surface area contributed by atoms with Crippen molar-refractivity contribution in [2.75, 3.05) is 0 Å². The molecule has 0 bridgehead atoms. The van der Waals surface area contributed by atoms with Crippen LogP contribution < -0.4 is 4.57 Å². The Balaban J connectivity index is 1.58. The van der Waals surface area contributed by atoms with Gasteiger partial charge in [0.2, 0.25) is 12.1 Å². The maximum Gasteiger partial charge on any atom is 0.373 e. The van der Waals surface area contributed by atoms with Crippen LogP contribution in [-0.2, 0) is 35.5 Å². The summed E-state index contributed by atoms with van der Waals surface area (Å²) in [6, 6.07) is 9.79. The van der Waals surface area contributed by atoms with Gasteiger partial charge in [0.25, 0.3) is 0 Å². The first kappa shape index (κ1) is 13.3. The SMILES string of the molecule is O=C(C[n+]1csc2c1CCCC2)OCc1ccccc1. The van der Waals surface area contributed by atoms with Crippen LogP contribution >= 0.6 is 11.3 Å². The lowest BCUT2D eigenvalue weighted by atomic mass is 10.0. The van der Waals surface area contributed by atoms with E-state index < -0.39 is 0 Å². The van der Waals surface area contributed by atoms with E-state index in [-0.39, 0.29) is 5.97 Å². The first-order chi connectivity index (χ1) is 9.83. The van der Waals surface area contributed by atoms with Gasteiger partial charge < -0.3 is 4.74 Å². The predicted molar refractivity (Wildman–Crippen MR) is 77.4 cm³/mol. The van der Waals surface area contributed by atoms with E-state index in [1.54, 1.807) is 11.3 Å². The van der Waals surface area contributed by atoms with Crippen molar-refractivity contribution in [2.45, 2.75) is 38.8 Å². The van der Waals surface area contributed by atoms with Crippen molar-refractivity contribution in [1.82, 2.24) is 0 Å². The summed E-state index contributed by atoms with van der Waals surface area (Å²) in [4.78, 5) is 13.4. The Hall–Kier alpha value is -1.68. The van der Waals surface area contributed by atoms with Crippen LogP contribution in [0.25, 0.3) is 0 Å². The molecule has 0 radical (unpaired) electrons. The molecule has 0 saturated heterocycles. The van der Waals surface area contributed by atoms with E-state index in [1.165, 1.54) is 23.4 Å². The molecule has 1 heterocycles. The first-order valence-corrected chi connectivity index (χ1v) is 7.89. The van der Waals surface area contributed by atoms with Gasteiger partial charge >= 0.3 is 5.97 Å². The third-order valence-electron chi connectivity index (χ3n) is 3.60. The number of hydrogen-bond donors (Lipinski definition) is 0. The van der Waals surface area contributed by atoms with Crippen LogP contribution in [0.5, 0.6) is 0 Å². The van der Waals surface area contributed by atoms with Crippen LogP contribution in [0.2, 0.25) is 0 Å². The lowest BCUT2D eigenvalue weighted by molar-refractivity contribution is -0.689. The number of aromatic nitrogens is 1. The number of benzene rings is 1. The summed E-state index contributed by atoms with van der Waals surface area (Å²) in [5.41, 5.74) is 4.41.